The molecule has 0 spiro atoms. The van der Waals surface area contributed by atoms with Crippen LogP contribution in [-0.2, 0) is 16.1 Å². The molecular formula is C18H21NO7. The van der Waals surface area contributed by atoms with Gasteiger partial charge in [-0.05, 0) is 24.3 Å². The van der Waals surface area contributed by atoms with Crippen LogP contribution >= 0.6 is 0 Å². The van der Waals surface area contributed by atoms with Crippen LogP contribution < -0.4 is 14.8 Å². The van der Waals surface area contributed by atoms with Gasteiger partial charge in [-0.25, -0.2) is 0 Å². The minimum atomic E-state index is -1.06. The first kappa shape index (κ1) is 19.3. The van der Waals surface area contributed by atoms with Crippen molar-refractivity contribution in [3.8, 4) is 11.5 Å². The fraction of sp³-hybridized carbons (Fsp3) is 0.333. The topological polar surface area (TPSA) is 107 Å². The molecule has 2 aromatic rings. The van der Waals surface area contributed by atoms with Gasteiger partial charge in [-0.2, -0.15) is 0 Å². The number of amides is 1. The highest BCUT2D eigenvalue weighted by Gasteiger charge is 2.24. The molecule has 2 rings (SSSR count). The Morgan fingerprint density at radius 1 is 1.15 bits per heavy atom. The molecule has 1 aromatic carbocycles. The van der Waals surface area contributed by atoms with Crippen molar-refractivity contribution in [2.75, 3.05) is 21.3 Å². The molecule has 8 heteroatoms. The van der Waals surface area contributed by atoms with Crippen LogP contribution in [0.5, 0.6) is 11.5 Å². The van der Waals surface area contributed by atoms with E-state index in [1.165, 1.54) is 27.4 Å². The minimum absolute atomic E-state index is 0.0694. The van der Waals surface area contributed by atoms with Crippen molar-refractivity contribution in [3.05, 3.63) is 47.4 Å². The molecule has 2 N–H and O–H groups in total. The molecule has 8 nitrogen and oxygen atoms in total. The number of hydrogen-bond acceptors (Lipinski definition) is 6. The Balaban J connectivity index is 2.26. The molecule has 1 unspecified atom stereocenters. The number of carbonyl (C=O) groups is 2. The molecular weight excluding hydrogens is 342 g/mol. The SMILES string of the molecule is COCc1ccc(C(=O)NC(CC(=O)O)c2ccc(OC)cc2OC)o1. The van der Waals surface area contributed by atoms with Gasteiger partial charge in [0.2, 0.25) is 0 Å². The third-order valence-electron chi connectivity index (χ3n) is 3.67. The number of hydrogen-bond donors (Lipinski definition) is 2. The van der Waals surface area contributed by atoms with Crippen LogP contribution in [0.15, 0.2) is 34.7 Å². The van der Waals surface area contributed by atoms with Gasteiger partial charge in [-0.15, -0.1) is 0 Å². The molecule has 0 aliphatic carbocycles. The number of aliphatic carboxylic acids is 1. The molecule has 26 heavy (non-hydrogen) atoms. The molecule has 1 heterocycles. The van der Waals surface area contributed by atoms with Gasteiger partial charge in [0.05, 0.1) is 26.7 Å². The number of ether oxygens (including phenoxy) is 3. The quantitative estimate of drug-likeness (QED) is 0.704. The van der Waals surface area contributed by atoms with Gasteiger partial charge in [0.25, 0.3) is 5.91 Å². The number of nitrogens with one attached hydrogen (secondary N) is 1. The summed E-state index contributed by atoms with van der Waals surface area (Å²) in [6.45, 7) is 0.234. The van der Waals surface area contributed by atoms with Crippen molar-refractivity contribution >= 4 is 11.9 Å². The van der Waals surface area contributed by atoms with E-state index in [0.29, 0.717) is 22.8 Å². The zero-order chi connectivity index (χ0) is 19.1. The van der Waals surface area contributed by atoms with Crippen molar-refractivity contribution in [2.24, 2.45) is 0 Å². The van der Waals surface area contributed by atoms with Crippen LogP contribution in [0.4, 0.5) is 0 Å². The first-order valence-corrected chi connectivity index (χ1v) is 7.80. The Morgan fingerprint density at radius 2 is 1.92 bits per heavy atom. The maximum absolute atomic E-state index is 12.4. The smallest absolute Gasteiger partial charge is 0.305 e. The van der Waals surface area contributed by atoms with Crippen LogP contribution in [0.3, 0.4) is 0 Å². The summed E-state index contributed by atoms with van der Waals surface area (Å²) in [6, 6.07) is 7.27. The summed E-state index contributed by atoms with van der Waals surface area (Å²) in [5.41, 5.74) is 0.521. The van der Waals surface area contributed by atoms with E-state index < -0.39 is 17.9 Å². The minimum Gasteiger partial charge on any atom is -0.497 e. The summed E-state index contributed by atoms with van der Waals surface area (Å²) >= 11 is 0. The Labute approximate surface area is 150 Å². The summed E-state index contributed by atoms with van der Waals surface area (Å²) in [7, 11) is 4.49. The van der Waals surface area contributed by atoms with E-state index in [2.05, 4.69) is 5.32 Å². The van der Waals surface area contributed by atoms with Gasteiger partial charge in [0.1, 0.15) is 23.9 Å². The van der Waals surface area contributed by atoms with E-state index in [1.54, 1.807) is 24.3 Å². The Morgan fingerprint density at radius 3 is 2.54 bits per heavy atom. The van der Waals surface area contributed by atoms with E-state index in [0.717, 1.165) is 0 Å². The molecule has 1 atom stereocenters. The summed E-state index contributed by atoms with van der Waals surface area (Å²) in [6.07, 6.45) is -0.319. The van der Waals surface area contributed by atoms with Crippen LogP contribution in [0, 0.1) is 0 Å². The lowest BCUT2D eigenvalue weighted by molar-refractivity contribution is -0.137. The number of benzene rings is 1. The lowest BCUT2D eigenvalue weighted by Gasteiger charge is -2.20. The monoisotopic (exact) mass is 363 g/mol. The zero-order valence-electron chi connectivity index (χ0n) is 14.8. The van der Waals surface area contributed by atoms with E-state index in [9.17, 15) is 14.7 Å². The molecule has 1 amide bonds. The van der Waals surface area contributed by atoms with Crippen molar-refractivity contribution in [1.29, 1.82) is 0 Å². The molecule has 0 fully saturated rings. The summed E-state index contributed by atoms with van der Waals surface area (Å²) in [5.74, 6) is -0.0600. The van der Waals surface area contributed by atoms with Gasteiger partial charge < -0.3 is 29.1 Å². The predicted octanol–water partition coefficient (Wildman–Crippen LogP) is 2.39. The number of carboxylic acids is 1. The third kappa shape index (κ3) is 4.76. The van der Waals surface area contributed by atoms with Crippen LogP contribution in [0.2, 0.25) is 0 Å². The summed E-state index contributed by atoms with van der Waals surface area (Å²) < 4.78 is 20.8. The zero-order valence-corrected chi connectivity index (χ0v) is 14.8. The second kappa shape index (κ2) is 8.91. The van der Waals surface area contributed by atoms with Gasteiger partial charge in [-0.3, -0.25) is 9.59 Å². The fourth-order valence-corrected chi connectivity index (χ4v) is 2.47. The molecule has 140 valence electrons. The van der Waals surface area contributed by atoms with Crippen molar-refractivity contribution in [2.45, 2.75) is 19.1 Å². The van der Waals surface area contributed by atoms with E-state index in [4.69, 9.17) is 18.6 Å². The van der Waals surface area contributed by atoms with Gasteiger partial charge in [0, 0.05) is 18.7 Å². The number of methoxy groups -OCH3 is 3. The Hall–Kier alpha value is -3.00. The van der Waals surface area contributed by atoms with Gasteiger partial charge >= 0.3 is 5.97 Å². The van der Waals surface area contributed by atoms with Crippen molar-refractivity contribution < 1.29 is 33.3 Å². The standard InChI is InChI=1S/C18H21NO7/c1-23-10-12-5-7-15(26-12)18(22)19-14(9-17(20)21)13-6-4-11(24-2)8-16(13)25-3/h4-8,14H,9-10H2,1-3H3,(H,19,22)(H,20,21). The average Bonchev–Trinajstić information content (AvgIpc) is 3.09. The molecule has 0 aliphatic rings. The number of carboxylic acid groups (broad SMARTS) is 1. The van der Waals surface area contributed by atoms with Crippen LogP contribution in [0.25, 0.3) is 0 Å². The largest absolute Gasteiger partial charge is 0.497 e. The van der Waals surface area contributed by atoms with E-state index in [1.807, 2.05) is 0 Å². The Bertz CT molecular complexity index is 769. The summed E-state index contributed by atoms with van der Waals surface area (Å²) in [5, 5.41) is 11.9. The maximum atomic E-state index is 12.4. The maximum Gasteiger partial charge on any atom is 0.305 e. The number of furan rings is 1. The highest BCUT2D eigenvalue weighted by molar-refractivity contribution is 5.92. The van der Waals surface area contributed by atoms with E-state index >= 15 is 0 Å². The third-order valence-corrected chi connectivity index (χ3v) is 3.67. The molecule has 0 radical (unpaired) electrons. The van der Waals surface area contributed by atoms with Crippen LogP contribution in [-0.4, -0.2) is 38.3 Å². The second-order valence-electron chi connectivity index (χ2n) is 5.43. The number of rotatable bonds is 9. The molecule has 0 saturated heterocycles. The van der Waals surface area contributed by atoms with Gasteiger partial charge in [0.15, 0.2) is 5.76 Å². The molecule has 0 aliphatic heterocycles. The predicted molar refractivity (Wildman–Crippen MR) is 91.4 cm³/mol. The molecule has 0 saturated carbocycles. The average molecular weight is 363 g/mol. The van der Waals surface area contributed by atoms with Crippen molar-refractivity contribution in [3.63, 3.8) is 0 Å². The normalized spacial score (nSPS) is 11.7. The van der Waals surface area contributed by atoms with Crippen molar-refractivity contribution in [1.82, 2.24) is 5.32 Å². The fourth-order valence-electron chi connectivity index (χ4n) is 2.47. The summed E-state index contributed by atoms with van der Waals surface area (Å²) in [4.78, 5) is 23.7. The van der Waals surface area contributed by atoms with E-state index in [-0.39, 0.29) is 18.8 Å². The molecule has 0 bridgehead atoms. The molecule has 1 aromatic heterocycles. The second-order valence-corrected chi connectivity index (χ2v) is 5.43. The lowest BCUT2D eigenvalue weighted by Crippen LogP contribution is -2.30. The first-order valence-electron chi connectivity index (χ1n) is 7.80. The van der Waals surface area contributed by atoms with Gasteiger partial charge in [-0.1, -0.05) is 0 Å². The first-order chi connectivity index (χ1) is 12.5. The van der Waals surface area contributed by atoms with Crippen LogP contribution in [0.1, 0.15) is 34.3 Å². The highest BCUT2D eigenvalue weighted by atomic mass is 16.5. The Kier molecular flexibility index (Phi) is 6.62. The number of carbonyl (C=O) groups excluding carboxylic acids is 1. The highest BCUT2D eigenvalue weighted by Crippen LogP contribution is 2.31. The lowest BCUT2D eigenvalue weighted by atomic mass is 10.0.